The maximum absolute atomic E-state index is 13.7. The van der Waals surface area contributed by atoms with Gasteiger partial charge in [-0.15, -0.1) is 0 Å². The fourth-order valence-electron chi connectivity index (χ4n) is 4.61. The molecule has 0 aliphatic carbocycles. The van der Waals surface area contributed by atoms with E-state index in [-0.39, 0.29) is 11.5 Å². The zero-order valence-corrected chi connectivity index (χ0v) is 19.1. The Morgan fingerprint density at radius 3 is 2.00 bits per heavy atom. The number of carbonyl (C=O) groups excluding carboxylic acids is 1. The number of aryl methyl sites for hydroxylation is 1. The van der Waals surface area contributed by atoms with Crippen molar-refractivity contribution in [1.82, 2.24) is 9.78 Å². The van der Waals surface area contributed by atoms with Gasteiger partial charge in [0.2, 0.25) is 0 Å². The number of nitrogens with zero attached hydrogens (tertiary/aromatic N) is 3. The minimum absolute atomic E-state index is 0.309. The first kappa shape index (κ1) is 22.5. The Morgan fingerprint density at radius 1 is 0.829 bits per heavy atom. The van der Waals surface area contributed by atoms with Crippen LogP contribution in [0.2, 0.25) is 0 Å². The molecule has 2 atom stereocenters. The molecule has 1 amide bonds. The molecule has 0 spiro atoms. The second-order valence-electron chi connectivity index (χ2n) is 8.50. The number of hydrazone groups is 1. The van der Waals surface area contributed by atoms with Gasteiger partial charge in [-0.3, -0.25) is 14.7 Å². The number of carbonyl (C=O) groups is 1. The van der Waals surface area contributed by atoms with E-state index in [1.807, 2.05) is 30.3 Å². The summed E-state index contributed by atoms with van der Waals surface area (Å²) in [6.45, 7) is 3.53. The van der Waals surface area contributed by atoms with Gasteiger partial charge in [-0.25, -0.2) is 18.5 Å². The fraction of sp³-hybridized carbons (Fsp3) is 0.148. The highest BCUT2D eigenvalue weighted by molar-refractivity contribution is 6.15. The number of hydrogen-bond acceptors (Lipinski definition) is 3. The van der Waals surface area contributed by atoms with Crippen molar-refractivity contribution in [2.45, 2.75) is 19.8 Å². The van der Waals surface area contributed by atoms with Gasteiger partial charge >= 0.3 is 0 Å². The molecule has 4 aromatic rings. The molecule has 0 bridgehead atoms. The third-order valence-electron chi connectivity index (χ3n) is 6.26. The zero-order chi connectivity index (χ0) is 24.7. The van der Waals surface area contributed by atoms with Crippen LogP contribution in [-0.4, -0.2) is 21.4 Å². The predicted octanol–water partition coefficient (Wildman–Crippen LogP) is 4.92. The summed E-state index contributed by atoms with van der Waals surface area (Å²) in [6, 6.07) is 20.4. The summed E-state index contributed by atoms with van der Waals surface area (Å²) in [5.41, 5.74) is 2.94. The summed E-state index contributed by atoms with van der Waals surface area (Å²) in [5, 5.41) is 8.81. The molecule has 0 radical (unpaired) electrons. The smallest absolute Gasteiger partial charge is 0.275 e. The zero-order valence-electron chi connectivity index (χ0n) is 19.1. The van der Waals surface area contributed by atoms with E-state index in [2.05, 4.69) is 10.2 Å². The molecule has 1 aliphatic heterocycles. The normalized spacial score (nSPS) is 16.5. The summed E-state index contributed by atoms with van der Waals surface area (Å²) in [4.78, 5) is 27.4. The number of anilines is 1. The van der Waals surface area contributed by atoms with Gasteiger partial charge in [-0.2, -0.15) is 5.10 Å². The molecule has 1 aromatic heterocycles. The number of H-pyrrole nitrogens is 1. The van der Waals surface area contributed by atoms with Crippen LogP contribution in [0.5, 0.6) is 0 Å². The molecule has 5 rings (SSSR count). The van der Waals surface area contributed by atoms with E-state index in [1.54, 1.807) is 13.8 Å². The Kier molecular flexibility index (Phi) is 5.64. The van der Waals surface area contributed by atoms with Crippen molar-refractivity contribution >= 4 is 17.3 Å². The molecule has 1 N–H and O–H groups in total. The molecule has 0 fully saturated rings. The number of aromatic amines is 1. The first-order valence-corrected chi connectivity index (χ1v) is 11.1. The monoisotopic (exact) mass is 472 g/mol. The lowest BCUT2D eigenvalue weighted by Gasteiger charge is -2.23. The molecule has 3 aromatic carbocycles. The summed E-state index contributed by atoms with van der Waals surface area (Å²) in [5.74, 6) is -2.49. The summed E-state index contributed by atoms with van der Waals surface area (Å²) < 4.78 is 28.3. The maximum atomic E-state index is 13.7. The quantitative estimate of drug-likeness (QED) is 0.448. The van der Waals surface area contributed by atoms with Crippen LogP contribution in [0.3, 0.4) is 0 Å². The van der Waals surface area contributed by atoms with Gasteiger partial charge < -0.3 is 0 Å². The molecule has 176 valence electrons. The van der Waals surface area contributed by atoms with Gasteiger partial charge in [0.05, 0.1) is 17.3 Å². The van der Waals surface area contributed by atoms with Crippen molar-refractivity contribution in [2.24, 2.45) is 11.0 Å². The lowest BCUT2D eigenvalue weighted by molar-refractivity contribution is -0.120. The number of halogens is 2. The second-order valence-corrected chi connectivity index (χ2v) is 8.50. The van der Waals surface area contributed by atoms with Crippen LogP contribution in [0.4, 0.5) is 14.5 Å². The molecule has 35 heavy (non-hydrogen) atoms. The first-order chi connectivity index (χ1) is 16.8. The van der Waals surface area contributed by atoms with E-state index in [1.165, 1.54) is 58.2 Å². The third kappa shape index (κ3) is 3.97. The summed E-state index contributed by atoms with van der Waals surface area (Å²) >= 11 is 0. The van der Waals surface area contributed by atoms with Gasteiger partial charge in [0.25, 0.3) is 11.5 Å². The lowest BCUT2D eigenvalue weighted by atomic mass is 9.78. The molecule has 8 heteroatoms. The highest BCUT2D eigenvalue weighted by Crippen LogP contribution is 2.38. The van der Waals surface area contributed by atoms with E-state index >= 15 is 0 Å². The minimum Gasteiger partial charge on any atom is -0.295 e. The highest BCUT2D eigenvalue weighted by Gasteiger charge is 2.43. The van der Waals surface area contributed by atoms with Crippen LogP contribution in [0.15, 0.2) is 88.8 Å². The summed E-state index contributed by atoms with van der Waals surface area (Å²) in [7, 11) is 0. The third-order valence-corrected chi connectivity index (χ3v) is 6.26. The minimum atomic E-state index is -0.744. The van der Waals surface area contributed by atoms with Gasteiger partial charge in [-0.05, 0) is 67.9 Å². The summed E-state index contributed by atoms with van der Waals surface area (Å²) in [6.07, 6.45) is 0. The van der Waals surface area contributed by atoms with Crippen LogP contribution in [0, 0.1) is 24.5 Å². The molecule has 1 aliphatic rings. The van der Waals surface area contributed by atoms with Crippen LogP contribution in [0.25, 0.3) is 5.69 Å². The van der Waals surface area contributed by atoms with Crippen LogP contribution in [-0.2, 0) is 4.79 Å². The van der Waals surface area contributed by atoms with E-state index in [4.69, 9.17) is 0 Å². The van der Waals surface area contributed by atoms with E-state index in [9.17, 15) is 18.4 Å². The Morgan fingerprint density at radius 2 is 1.40 bits per heavy atom. The average molecular weight is 472 g/mol. The van der Waals surface area contributed by atoms with Gasteiger partial charge in [0.1, 0.15) is 11.6 Å². The van der Waals surface area contributed by atoms with E-state index in [0.29, 0.717) is 28.3 Å². The molecule has 0 saturated heterocycles. The van der Waals surface area contributed by atoms with Gasteiger partial charge in [0, 0.05) is 22.9 Å². The number of benzene rings is 3. The standard InChI is InChI=1S/C27H22F2N4O2/c1-16-23(26(34)32(30-16)21-12-8-19(28)9-13-21)25(18-6-4-3-5-7-18)24-17(2)31-33(27(24)35)22-14-10-20(29)11-15-22/h3-15,23,25,31H,1-2H3/t23-,25-/m1/s1. The lowest BCUT2D eigenvalue weighted by Crippen LogP contribution is -2.34. The number of rotatable bonds is 5. The van der Waals surface area contributed by atoms with Crippen LogP contribution < -0.4 is 10.6 Å². The van der Waals surface area contributed by atoms with Crippen molar-refractivity contribution in [3.8, 4) is 5.69 Å². The SMILES string of the molecule is CC1=NN(c2ccc(F)cc2)C(=O)[C@H]1[C@@H](c1ccccc1)c1c(C)[nH]n(-c2ccc(F)cc2)c1=O. The van der Waals surface area contributed by atoms with Crippen molar-refractivity contribution < 1.29 is 13.6 Å². The van der Waals surface area contributed by atoms with E-state index in [0.717, 1.165) is 5.56 Å². The Hall–Kier alpha value is -4.33. The van der Waals surface area contributed by atoms with Crippen molar-refractivity contribution in [3.63, 3.8) is 0 Å². The molecular weight excluding hydrogens is 450 g/mol. The topological polar surface area (TPSA) is 70.5 Å². The average Bonchev–Trinajstić information content (AvgIpc) is 3.31. The number of amides is 1. The van der Waals surface area contributed by atoms with Gasteiger partial charge in [-0.1, -0.05) is 30.3 Å². The highest BCUT2D eigenvalue weighted by atomic mass is 19.1. The molecule has 6 nitrogen and oxygen atoms in total. The Bertz CT molecular complexity index is 1470. The first-order valence-electron chi connectivity index (χ1n) is 11.1. The largest absolute Gasteiger partial charge is 0.295 e. The van der Waals surface area contributed by atoms with Crippen molar-refractivity contribution in [1.29, 1.82) is 0 Å². The second kappa shape index (κ2) is 8.79. The Labute approximate surface area is 200 Å². The predicted molar refractivity (Wildman–Crippen MR) is 130 cm³/mol. The van der Waals surface area contributed by atoms with Crippen molar-refractivity contribution in [3.05, 3.63) is 118 Å². The Balaban J connectivity index is 1.63. The van der Waals surface area contributed by atoms with Gasteiger partial charge in [0.15, 0.2) is 0 Å². The van der Waals surface area contributed by atoms with Crippen LogP contribution in [0.1, 0.15) is 29.7 Å². The van der Waals surface area contributed by atoms with Crippen molar-refractivity contribution in [2.75, 3.05) is 5.01 Å². The molecule has 2 heterocycles. The maximum Gasteiger partial charge on any atom is 0.275 e. The number of aromatic nitrogens is 2. The molecular formula is C27H22F2N4O2. The molecule has 0 unspecified atom stereocenters. The van der Waals surface area contributed by atoms with Crippen LogP contribution >= 0.6 is 0 Å². The number of nitrogens with one attached hydrogen (secondary N) is 1. The fourth-order valence-corrected chi connectivity index (χ4v) is 4.61. The van der Waals surface area contributed by atoms with E-state index < -0.39 is 23.5 Å². The molecule has 0 saturated carbocycles. The number of hydrogen-bond donors (Lipinski definition) is 1.